The van der Waals surface area contributed by atoms with Crippen molar-refractivity contribution >= 4 is 76.2 Å². The topological polar surface area (TPSA) is 474 Å². The van der Waals surface area contributed by atoms with E-state index in [1.165, 1.54) is 13.8 Å². The Morgan fingerprint density at radius 1 is 0.418 bits per heavy atom. The van der Waals surface area contributed by atoms with Crippen molar-refractivity contribution in [3.05, 3.63) is 0 Å². The van der Waals surface area contributed by atoms with Crippen LogP contribution in [0.25, 0.3) is 0 Å². The lowest BCUT2D eigenvalue weighted by Gasteiger charge is -2.32. The number of amides is 9. The highest BCUT2D eigenvalue weighted by atomic mass is 16.5. The molecule has 0 aliphatic carbocycles. The number of primary amides is 2. The third kappa shape index (κ3) is 46.0. The summed E-state index contributed by atoms with van der Waals surface area (Å²) in [5.41, 5.74) is 10.3. The molecule has 0 unspecified atom stereocenters. The molecular formula is C59H109N15O17. The Bertz CT molecular complexity index is 2240. The molecule has 91 heavy (non-hydrogen) atoms. The highest BCUT2D eigenvalue weighted by Gasteiger charge is 2.28. The molecule has 0 radical (unpaired) electrons. The van der Waals surface area contributed by atoms with Gasteiger partial charge in [-0.3, -0.25) is 63.4 Å². The third-order valence-electron chi connectivity index (χ3n) is 14.3. The quantitative estimate of drug-likeness (QED) is 0.0135. The zero-order chi connectivity index (χ0) is 68.5. The molecule has 0 aromatic rings. The number of carbonyl (C=O) groups is 11. The van der Waals surface area contributed by atoms with Crippen molar-refractivity contribution < 1.29 is 82.1 Å². The highest BCUT2D eigenvalue weighted by molar-refractivity contribution is 5.91. The predicted octanol–water partition coefficient (Wildman–Crippen LogP) is -2.04. The zero-order valence-electron chi connectivity index (χ0n) is 55.0. The van der Waals surface area contributed by atoms with Gasteiger partial charge >= 0.3 is 0 Å². The maximum Gasteiger partial charge on any atom is 0.246 e. The first-order valence-corrected chi connectivity index (χ1v) is 31.3. The molecule has 522 valence electrons. The number of ketones is 2. The molecule has 0 rings (SSSR count). The summed E-state index contributed by atoms with van der Waals surface area (Å²) in [6, 6.07) is -2.73. The van der Waals surface area contributed by atoms with Gasteiger partial charge < -0.3 is 88.7 Å². The number of rotatable bonds is 58. The summed E-state index contributed by atoms with van der Waals surface area (Å²) in [4.78, 5) is 135. The summed E-state index contributed by atoms with van der Waals surface area (Å²) in [7, 11) is 0. The summed E-state index contributed by atoms with van der Waals surface area (Å²) < 4.78 is 21.5. The first kappa shape index (κ1) is 84.2. The van der Waals surface area contributed by atoms with Crippen molar-refractivity contribution in [2.24, 2.45) is 21.8 Å². The Morgan fingerprint density at radius 2 is 0.769 bits per heavy atom. The number of ether oxygens (including phenoxy) is 4. The summed E-state index contributed by atoms with van der Waals surface area (Å²) in [6.45, 7) is 16.2. The number of nitrogens with one attached hydrogen (secondary N) is 11. The van der Waals surface area contributed by atoms with E-state index in [0.29, 0.717) is 75.8 Å². The van der Waals surface area contributed by atoms with E-state index in [1.807, 2.05) is 27.7 Å². The Balaban J connectivity index is 4.68. The SMILES string of the molecule is CC(=O)CN[C@@H](CCCCNC(=O)COCCOCCNC(=O)COCCOCCNC(=O)CCCC(=O)NCCCC[C@H](NC(=O)CCCC(=O)NC(CNC(C)(C)/C(C)=N\O)CNC(C)(C)/C(C)=N\O)C(=O)NCCCC[C@@H](NCC(C)=O)C(N)=O)C(N)=O. The average Bonchev–Trinajstić information content (AvgIpc) is 3.70. The second-order valence-corrected chi connectivity index (χ2v) is 23.1. The number of nitrogens with two attached hydrogens (primary N) is 2. The van der Waals surface area contributed by atoms with Crippen LogP contribution in [0.1, 0.15) is 152 Å². The number of oxime groups is 2. The fraction of sp³-hybridized carbons (Fsp3) is 0.780. The molecule has 0 bridgehead atoms. The van der Waals surface area contributed by atoms with E-state index in [2.05, 4.69) is 68.8 Å². The molecule has 0 saturated carbocycles. The lowest BCUT2D eigenvalue weighted by molar-refractivity contribution is -0.129. The van der Waals surface area contributed by atoms with E-state index < -0.39 is 58.9 Å². The second-order valence-electron chi connectivity index (χ2n) is 23.1. The Hall–Kier alpha value is -6.81. The molecular weight excluding hydrogens is 1190 g/mol. The van der Waals surface area contributed by atoms with Crippen LogP contribution >= 0.6 is 0 Å². The molecule has 0 aromatic carbocycles. The van der Waals surface area contributed by atoms with Gasteiger partial charge in [-0.05, 0) is 126 Å². The number of nitrogens with zero attached hydrogens (tertiary/aromatic N) is 2. The lowest BCUT2D eigenvalue weighted by atomic mass is 9.98. The molecule has 0 aromatic heterocycles. The van der Waals surface area contributed by atoms with E-state index in [4.69, 9.17) is 30.4 Å². The van der Waals surface area contributed by atoms with Gasteiger partial charge in [-0.2, -0.15) is 0 Å². The predicted molar refractivity (Wildman–Crippen MR) is 339 cm³/mol. The summed E-state index contributed by atoms with van der Waals surface area (Å²) in [6.07, 6.45) is 4.77. The van der Waals surface area contributed by atoms with Crippen molar-refractivity contribution in [3.8, 4) is 0 Å². The maximum absolute atomic E-state index is 13.5. The van der Waals surface area contributed by atoms with Crippen LogP contribution in [0.15, 0.2) is 10.3 Å². The van der Waals surface area contributed by atoms with Crippen molar-refractivity contribution in [1.29, 1.82) is 0 Å². The first-order chi connectivity index (χ1) is 43.1. The van der Waals surface area contributed by atoms with Gasteiger partial charge in [0.15, 0.2) is 0 Å². The van der Waals surface area contributed by atoms with Crippen LogP contribution in [0.5, 0.6) is 0 Å². The van der Waals surface area contributed by atoms with Gasteiger partial charge in [-0.15, -0.1) is 0 Å². The van der Waals surface area contributed by atoms with Crippen LogP contribution in [-0.2, 0) is 71.7 Å². The molecule has 0 saturated heterocycles. The molecule has 0 heterocycles. The van der Waals surface area contributed by atoms with Gasteiger partial charge in [-0.25, -0.2) is 0 Å². The van der Waals surface area contributed by atoms with E-state index >= 15 is 0 Å². The van der Waals surface area contributed by atoms with Crippen LogP contribution in [0.4, 0.5) is 0 Å². The number of hydrogen-bond acceptors (Lipinski definition) is 23. The lowest BCUT2D eigenvalue weighted by Crippen LogP contribution is -2.57. The minimum atomic E-state index is -0.935. The van der Waals surface area contributed by atoms with Crippen LogP contribution in [0, 0.1) is 0 Å². The molecule has 0 fully saturated rings. The largest absolute Gasteiger partial charge is 0.411 e. The van der Waals surface area contributed by atoms with E-state index in [1.54, 1.807) is 13.8 Å². The average molecular weight is 1300 g/mol. The van der Waals surface area contributed by atoms with Crippen molar-refractivity contribution in [1.82, 2.24) is 58.5 Å². The van der Waals surface area contributed by atoms with Crippen molar-refractivity contribution in [3.63, 3.8) is 0 Å². The summed E-state index contributed by atoms with van der Waals surface area (Å²) >= 11 is 0. The summed E-state index contributed by atoms with van der Waals surface area (Å²) in [5.74, 6) is -3.76. The van der Waals surface area contributed by atoms with Crippen LogP contribution < -0.4 is 70.0 Å². The number of Topliss-reactive ketones (excluding diaryl/α,β-unsaturated/α-hetero) is 2. The molecule has 0 aliphatic rings. The number of unbranched alkanes of at least 4 members (excludes halogenated alkanes) is 3. The van der Waals surface area contributed by atoms with Gasteiger partial charge in [0.05, 0.1) is 93.4 Å². The first-order valence-electron chi connectivity index (χ1n) is 31.3. The molecule has 32 heteroatoms. The van der Waals surface area contributed by atoms with Crippen LogP contribution in [0.2, 0.25) is 0 Å². The molecule has 0 aliphatic heterocycles. The van der Waals surface area contributed by atoms with Crippen molar-refractivity contribution in [2.75, 3.05) is 112 Å². The molecule has 3 atom stereocenters. The third-order valence-corrected chi connectivity index (χ3v) is 14.3. The molecule has 32 nitrogen and oxygen atoms in total. The Kier molecular flexibility index (Phi) is 47.0. The zero-order valence-corrected chi connectivity index (χ0v) is 55.0. The molecule has 9 amide bonds. The Morgan fingerprint density at radius 3 is 1.18 bits per heavy atom. The smallest absolute Gasteiger partial charge is 0.246 e. The fourth-order valence-electron chi connectivity index (χ4n) is 8.10. The van der Waals surface area contributed by atoms with E-state index in [0.717, 1.165) is 0 Å². The van der Waals surface area contributed by atoms with Gasteiger partial charge in [0.2, 0.25) is 53.2 Å². The number of carbonyl (C=O) groups excluding carboxylic acids is 11. The number of hydrogen-bond donors (Lipinski definition) is 15. The maximum atomic E-state index is 13.5. The van der Waals surface area contributed by atoms with Crippen LogP contribution in [0.3, 0.4) is 0 Å². The van der Waals surface area contributed by atoms with Gasteiger partial charge in [0.1, 0.15) is 30.8 Å². The molecule has 0 spiro atoms. The minimum Gasteiger partial charge on any atom is -0.411 e. The van der Waals surface area contributed by atoms with Crippen molar-refractivity contribution in [2.45, 2.75) is 187 Å². The highest BCUT2D eigenvalue weighted by Crippen LogP contribution is 2.10. The van der Waals surface area contributed by atoms with Gasteiger partial charge in [0.25, 0.3) is 0 Å². The second kappa shape index (κ2) is 50.8. The fourth-order valence-corrected chi connectivity index (χ4v) is 8.10. The van der Waals surface area contributed by atoms with Gasteiger partial charge in [-0.1, -0.05) is 10.3 Å². The Labute approximate surface area is 535 Å². The van der Waals surface area contributed by atoms with E-state index in [-0.39, 0.29) is 185 Å². The standard InChI is InChI=1S/C59H109N15O17/c1-41(75)35-67-46(55(60)83)17-9-12-25-63-53(81)39-90-33-32-89-30-28-65-54(82)40-91-34-31-88-29-27-64-50(78)21-15-20-49(77)62-24-13-11-19-48(57(85)66-26-14-10-18-47(56(61)84)68-36-42(2)76)72-52(80)23-16-22-51(79)71-45(37-69-58(5,6)43(3)73-86)38-70-59(7,8)44(4)74-87/h45-48,67-70,86-87H,9-40H2,1-8H3,(H2,60,83)(H2,61,84)(H,62,77)(H,63,81)(H,64,78)(H,65,82)(H,66,85)(H,71,79)(H,72,80)/b73-43-,74-44-/t46-,47+,48-/m0/s1. The van der Waals surface area contributed by atoms with Gasteiger partial charge in [0, 0.05) is 71.5 Å². The monoisotopic (exact) mass is 1300 g/mol. The minimum absolute atomic E-state index is 0.00535. The normalized spacial score (nSPS) is 12.9. The summed E-state index contributed by atoms with van der Waals surface area (Å²) in [5, 5.41) is 57.0. The van der Waals surface area contributed by atoms with E-state index in [9.17, 15) is 63.2 Å². The van der Waals surface area contributed by atoms with Crippen LogP contribution in [-0.4, -0.2) is 234 Å². The molecule has 17 N–H and O–H groups in total.